The van der Waals surface area contributed by atoms with E-state index in [0.717, 1.165) is 39.0 Å². The summed E-state index contributed by atoms with van der Waals surface area (Å²) in [5.41, 5.74) is 4.28. The number of aryl methyl sites for hydroxylation is 1. The van der Waals surface area contributed by atoms with Gasteiger partial charge in [-0.1, -0.05) is 35.4 Å². The van der Waals surface area contributed by atoms with Crippen LogP contribution in [0.3, 0.4) is 0 Å². The fraction of sp³-hybridized carbons (Fsp3) is 0.160. The van der Waals surface area contributed by atoms with Crippen molar-refractivity contribution in [3.8, 4) is 5.75 Å². The topological polar surface area (TPSA) is 67.3 Å². The second-order valence-electron chi connectivity index (χ2n) is 7.51. The summed E-state index contributed by atoms with van der Waals surface area (Å²) < 4.78 is 5.32. The van der Waals surface area contributed by atoms with E-state index in [1.165, 1.54) is 0 Å². The third kappa shape index (κ3) is 5.15. The van der Waals surface area contributed by atoms with E-state index >= 15 is 0 Å². The van der Waals surface area contributed by atoms with Gasteiger partial charge in [0.25, 0.3) is 0 Å². The molecule has 0 radical (unpaired) electrons. The maximum Gasteiger partial charge on any atom is 0.322 e. The summed E-state index contributed by atoms with van der Waals surface area (Å²) in [6, 6.07) is 18.8. The molecule has 0 aliphatic rings. The minimum absolute atomic E-state index is 0.237. The monoisotopic (exact) mass is 446 g/mol. The third-order valence-electron chi connectivity index (χ3n) is 5.10. The molecule has 0 spiro atoms. The molecule has 6 nitrogen and oxygen atoms in total. The van der Waals surface area contributed by atoms with Crippen LogP contribution < -0.4 is 10.1 Å². The van der Waals surface area contributed by atoms with Crippen molar-refractivity contribution in [2.24, 2.45) is 0 Å². The zero-order valence-corrected chi connectivity index (χ0v) is 18.6. The molecule has 2 aromatic heterocycles. The SMILES string of the molecule is COc1ccc2nc(Cl)c(CN(Cc3cccnc3)C(=O)Nc3ccc(C)cc3)cc2c1. The summed E-state index contributed by atoms with van der Waals surface area (Å²) in [5.74, 6) is 0.733. The molecule has 32 heavy (non-hydrogen) atoms. The number of rotatable bonds is 6. The second kappa shape index (κ2) is 9.66. The molecule has 1 N–H and O–H groups in total. The Morgan fingerprint density at radius 2 is 1.91 bits per heavy atom. The molecule has 0 aliphatic carbocycles. The molecule has 2 amide bonds. The predicted molar refractivity (Wildman–Crippen MR) is 127 cm³/mol. The number of methoxy groups -OCH3 is 1. The Balaban J connectivity index is 1.64. The average Bonchev–Trinajstić information content (AvgIpc) is 2.81. The van der Waals surface area contributed by atoms with E-state index in [9.17, 15) is 4.79 Å². The number of hydrogen-bond donors (Lipinski definition) is 1. The number of aromatic nitrogens is 2. The number of carbonyl (C=O) groups is 1. The van der Waals surface area contributed by atoms with Crippen molar-refractivity contribution >= 4 is 34.2 Å². The zero-order chi connectivity index (χ0) is 22.5. The van der Waals surface area contributed by atoms with Crippen LogP contribution in [0.25, 0.3) is 10.9 Å². The van der Waals surface area contributed by atoms with Crippen LogP contribution in [0.15, 0.2) is 73.1 Å². The normalized spacial score (nSPS) is 10.7. The Morgan fingerprint density at radius 3 is 2.62 bits per heavy atom. The Bertz CT molecular complexity index is 1230. The maximum absolute atomic E-state index is 13.2. The van der Waals surface area contributed by atoms with Crippen molar-refractivity contribution in [2.45, 2.75) is 20.0 Å². The number of carbonyl (C=O) groups excluding carboxylic acids is 1. The smallest absolute Gasteiger partial charge is 0.322 e. The van der Waals surface area contributed by atoms with E-state index in [1.807, 2.05) is 67.6 Å². The molecule has 4 rings (SSSR count). The van der Waals surface area contributed by atoms with Gasteiger partial charge in [0.05, 0.1) is 19.2 Å². The van der Waals surface area contributed by atoms with E-state index in [4.69, 9.17) is 16.3 Å². The number of nitrogens with zero attached hydrogens (tertiary/aromatic N) is 3. The highest BCUT2D eigenvalue weighted by Gasteiger charge is 2.18. The number of benzene rings is 2. The lowest BCUT2D eigenvalue weighted by molar-refractivity contribution is 0.206. The van der Waals surface area contributed by atoms with Crippen molar-refractivity contribution in [3.05, 3.63) is 94.9 Å². The van der Waals surface area contributed by atoms with Crippen LogP contribution in [0.5, 0.6) is 5.75 Å². The van der Waals surface area contributed by atoms with Crippen molar-refractivity contribution in [1.82, 2.24) is 14.9 Å². The van der Waals surface area contributed by atoms with Crippen LogP contribution in [-0.2, 0) is 13.1 Å². The first-order chi connectivity index (χ1) is 15.5. The number of urea groups is 1. The van der Waals surface area contributed by atoms with Crippen LogP contribution in [0.1, 0.15) is 16.7 Å². The lowest BCUT2D eigenvalue weighted by Gasteiger charge is -2.24. The van der Waals surface area contributed by atoms with Crippen LogP contribution >= 0.6 is 11.6 Å². The first-order valence-electron chi connectivity index (χ1n) is 10.2. The van der Waals surface area contributed by atoms with Gasteiger partial charge in [0.15, 0.2) is 0 Å². The van der Waals surface area contributed by atoms with Gasteiger partial charge in [0, 0.05) is 35.6 Å². The predicted octanol–water partition coefficient (Wildman–Crippen LogP) is 5.83. The van der Waals surface area contributed by atoms with Crippen LogP contribution in [-0.4, -0.2) is 28.0 Å². The third-order valence-corrected chi connectivity index (χ3v) is 5.42. The van der Waals surface area contributed by atoms with Crippen molar-refractivity contribution in [1.29, 1.82) is 0 Å². The summed E-state index contributed by atoms with van der Waals surface area (Å²) in [6.07, 6.45) is 3.45. The molecule has 0 atom stereocenters. The van der Waals surface area contributed by atoms with Gasteiger partial charge in [-0.25, -0.2) is 9.78 Å². The highest BCUT2D eigenvalue weighted by Crippen LogP contribution is 2.26. The molecule has 0 unspecified atom stereocenters. The fourth-order valence-electron chi connectivity index (χ4n) is 3.37. The summed E-state index contributed by atoms with van der Waals surface area (Å²) in [5, 5.41) is 4.22. The lowest BCUT2D eigenvalue weighted by Crippen LogP contribution is -2.34. The van der Waals surface area contributed by atoms with Crippen molar-refractivity contribution < 1.29 is 9.53 Å². The van der Waals surface area contributed by atoms with Crippen LogP contribution in [0.4, 0.5) is 10.5 Å². The van der Waals surface area contributed by atoms with Gasteiger partial charge >= 0.3 is 6.03 Å². The van der Waals surface area contributed by atoms with Gasteiger partial charge in [0.1, 0.15) is 10.9 Å². The highest BCUT2D eigenvalue weighted by molar-refractivity contribution is 6.30. The Kier molecular flexibility index (Phi) is 6.52. The number of halogens is 1. The number of amides is 2. The Morgan fingerprint density at radius 1 is 1.09 bits per heavy atom. The van der Waals surface area contributed by atoms with Gasteiger partial charge in [-0.3, -0.25) is 4.98 Å². The number of pyridine rings is 2. The molecule has 162 valence electrons. The number of nitrogens with one attached hydrogen (secondary N) is 1. The van der Waals surface area contributed by atoms with E-state index in [0.29, 0.717) is 11.7 Å². The first kappa shape index (κ1) is 21.6. The summed E-state index contributed by atoms with van der Waals surface area (Å²) in [4.78, 5) is 23.5. The van der Waals surface area contributed by atoms with Gasteiger partial charge in [-0.2, -0.15) is 0 Å². The van der Waals surface area contributed by atoms with Gasteiger partial charge in [0.2, 0.25) is 0 Å². The number of ether oxygens (including phenoxy) is 1. The molecule has 7 heteroatoms. The van der Waals surface area contributed by atoms with E-state index in [1.54, 1.807) is 24.4 Å². The number of anilines is 1. The zero-order valence-electron chi connectivity index (χ0n) is 17.9. The summed E-state index contributed by atoms with van der Waals surface area (Å²) >= 11 is 6.49. The number of fused-ring (bicyclic) bond motifs is 1. The standard InChI is InChI=1S/C25H23ClN4O2/c1-17-5-7-21(8-6-17)28-25(31)30(15-18-4-3-11-27-14-18)16-20-12-19-13-22(32-2)9-10-23(19)29-24(20)26/h3-14H,15-16H2,1-2H3,(H,28,31). The molecule has 2 aromatic carbocycles. The summed E-state index contributed by atoms with van der Waals surface area (Å²) in [7, 11) is 1.62. The molecule has 0 fully saturated rings. The first-order valence-corrected chi connectivity index (χ1v) is 10.5. The average molecular weight is 447 g/mol. The maximum atomic E-state index is 13.2. The van der Waals surface area contributed by atoms with Crippen LogP contribution in [0.2, 0.25) is 5.15 Å². The minimum Gasteiger partial charge on any atom is -0.497 e. The van der Waals surface area contributed by atoms with Crippen molar-refractivity contribution in [2.75, 3.05) is 12.4 Å². The van der Waals surface area contributed by atoms with Gasteiger partial charge < -0.3 is 15.0 Å². The molecule has 4 aromatic rings. The second-order valence-corrected chi connectivity index (χ2v) is 7.87. The number of hydrogen-bond acceptors (Lipinski definition) is 4. The molecule has 0 saturated heterocycles. The Labute approximate surface area is 191 Å². The van der Waals surface area contributed by atoms with Crippen molar-refractivity contribution in [3.63, 3.8) is 0 Å². The largest absolute Gasteiger partial charge is 0.497 e. The highest BCUT2D eigenvalue weighted by atomic mass is 35.5. The van der Waals surface area contributed by atoms with E-state index < -0.39 is 0 Å². The molecular formula is C25H23ClN4O2. The lowest BCUT2D eigenvalue weighted by atomic mass is 10.1. The molecule has 0 bridgehead atoms. The Hall–Kier alpha value is -3.64. The van der Waals surface area contributed by atoms with Gasteiger partial charge in [-0.15, -0.1) is 0 Å². The molecular weight excluding hydrogens is 424 g/mol. The van der Waals surface area contributed by atoms with E-state index in [-0.39, 0.29) is 12.6 Å². The molecule has 0 saturated carbocycles. The fourth-order valence-corrected chi connectivity index (χ4v) is 3.57. The molecule has 2 heterocycles. The minimum atomic E-state index is -0.237. The van der Waals surface area contributed by atoms with Crippen LogP contribution in [0, 0.1) is 6.92 Å². The van der Waals surface area contributed by atoms with E-state index in [2.05, 4.69) is 15.3 Å². The van der Waals surface area contributed by atoms with Gasteiger partial charge in [-0.05, 0) is 55.0 Å². The summed E-state index contributed by atoms with van der Waals surface area (Å²) in [6.45, 7) is 2.66. The quantitative estimate of drug-likeness (QED) is 0.378. The molecule has 0 aliphatic heterocycles.